The number of aromatic nitrogens is 3. The van der Waals surface area contributed by atoms with Crippen LogP contribution in [0.1, 0.15) is 30.6 Å². The summed E-state index contributed by atoms with van der Waals surface area (Å²) >= 11 is 0. The highest BCUT2D eigenvalue weighted by Crippen LogP contribution is 2.38. The van der Waals surface area contributed by atoms with Crippen LogP contribution in [0.5, 0.6) is 11.5 Å². The lowest BCUT2D eigenvalue weighted by Gasteiger charge is -2.42. The second-order valence-corrected chi connectivity index (χ2v) is 7.39. The first-order valence-electron chi connectivity index (χ1n) is 9.64. The zero-order valence-electron chi connectivity index (χ0n) is 16.7. The highest BCUT2D eigenvalue weighted by molar-refractivity contribution is 5.45. The Morgan fingerprint density at radius 2 is 2.03 bits per heavy atom. The first-order valence-corrected chi connectivity index (χ1v) is 9.64. The molecule has 30 heavy (non-hydrogen) atoms. The number of nitrogens with zero attached hydrogens (tertiary/aromatic N) is 4. The summed E-state index contributed by atoms with van der Waals surface area (Å²) < 4.78 is 11.6. The van der Waals surface area contributed by atoms with Gasteiger partial charge in [-0.2, -0.15) is 5.26 Å². The minimum Gasteiger partial charge on any atom is -0.495 e. The number of nitriles is 1. The van der Waals surface area contributed by atoms with E-state index in [1.165, 1.54) is 12.4 Å². The van der Waals surface area contributed by atoms with Gasteiger partial charge in [0.2, 0.25) is 0 Å². The molecule has 11 nitrogen and oxygen atoms in total. The van der Waals surface area contributed by atoms with Gasteiger partial charge < -0.3 is 25.2 Å². The molecule has 4 rings (SSSR count). The van der Waals surface area contributed by atoms with Gasteiger partial charge in [-0.05, 0) is 6.92 Å². The number of ether oxygens (including phenoxy) is 2. The third-order valence-electron chi connectivity index (χ3n) is 5.40. The molecule has 2 aliphatic rings. The number of nitrogens with one attached hydrogen (secondary N) is 4. The second kappa shape index (κ2) is 8.37. The van der Waals surface area contributed by atoms with Crippen molar-refractivity contribution in [3.8, 4) is 17.6 Å². The fourth-order valence-electron chi connectivity index (χ4n) is 3.48. The Labute approximate surface area is 173 Å². The summed E-state index contributed by atoms with van der Waals surface area (Å²) in [5.41, 5.74) is 6.60. The number of methoxy groups -OCH3 is 1. The third-order valence-corrected chi connectivity index (χ3v) is 5.40. The molecule has 5 N–H and O–H groups in total. The molecular weight excluding hydrogens is 388 g/mol. The Bertz CT molecular complexity index is 928. The van der Waals surface area contributed by atoms with Crippen LogP contribution < -0.4 is 31.0 Å². The summed E-state index contributed by atoms with van der Waals surface area (Å²) in [4.78, 5) is 12.4. The molecule has 2 aromatic heterocycles. The maximum atomic E-state index is 10.6. The van der Waals surface area contributed by atoms with Crippen LogP contribution in [0.4, 0.5) is 5.82 Å². The average molecular weight is 412 g/mol. The molecule has 2 aromatic rings. The van der Waals surface area contributed by atoms with Crippen LogP contribution in [0, 0.1) is 11.3 Å². The number of rotatable bonds is 7. The predicted octanol–water partition coefficient (Wildman–Crippen LogP) is -0.169. The third kappa shape index (κ3) is 3.99. The number of β-amino-alcohol motifs (C(OH)–C–C–N with tert-alkyl or cyclic N) is 1. The molecule has 0 aromatic carbocycles. The molecule has 0 amide bonds. The topological polar surface area (TPSA) is 149 Å². The van der Waals surface area contributed by atoms with Gasteiger partial charge in [0.15, 0.2) is 5.69 Å². The minimum atomic E-state index is -0.903. The van der Waals surface area contributed by atoms with Crippen molar-refractivity contribution in [1.82, 2.24) is 31.1 Å². The molecule has 3 atom stereocenters. The molecule has 0 bridgehead atoms. The number of hydrazine groups is 1. The van der Waals surface area contributed by atoms with Crippen molar-refractivity contribution in [2.45, 2.75) is 37.3 Å². The number of anilines is 1. The van der Waals surface area contributed by atoms with Gasteiger partial charge in [-0.25, -0.2) is 20.8 Å². The van der Waals surface area contributed by atoms with E-state index in [0.29, 0.717) is 36.8 Å². The molecule has 158 valence electrons. The summed E-state index contributed by atoms with van der Waals surface area (Å²) in [6.45, 7) is 2.82. The van der Waals surface area contributed by atoms with E-state index in [9.17, 15) is 5.11 Å². The Balaban J connectivity index is 1.49. The van der Waals surface area contributed by atoms with Gasteiger partial charge >= 0.3 is 0 Å². The Morgan fingerprint density at radius 3 is 2.67 bits per heavy atom. The van der Waals surface area contributed by atoms with Crippen LogP contribution in [0.2, 0.25) is 0 Å². The zero-order valence-corrected chi connectivity index (χ0v) is 16.7. The van der Waals surface area contributed by atoms with Crippen LogP contribution in [0.15, 0.2) is 24.8 Å². The van der Waals surface area contributed by atoms with E-state index in [0.717, 1.165) is 5.56 Å². The minimum absolute atomic E-state index is 0.136. The Kier molecular flexibility index (Phi) is 5.65. The van der Waals surface area contributed by atoms with Gasteiger partial charge in [-0.3, -0.25) is 4.98 Å². The number of hydrogen-bond acceptors (Lipinski definition) is 11. The largest absolute Gasteiger partial charge is 0.495 e. The van der Waals surface area contributed by atoms with Gasteiger partial charge in [0.1, 0.15) is 35.1 Å². The summed E-state index contributed by atoms with van der Waals surface area (Å²) in [6, 6.07) is 1.81. The van der Waals surface area contributed by atoms with Gasteiger partial charge in [-0.1, -0.05) is 0 Å². The lowest BCUT2D eigenvalue weighted by molar-refractivity contribution is -0.0885. The van der Waals surface area contributed by atoms with Gasteiger partial charge in [-0.15, -0.1) is 0 Å². The molecule has 0 aliphatic carbocycles. The smallest absolute Gasteiger partial charge is 0.158 e. The monoisotopic (exact) mass is 412 g/mol. The second-order valence-electron chi connectivity index (χ2n) is 7.39. The van der Waals surface area contributed by atoms with E-state index >= 15 is 0 Å². The summed E-state index contributed by atoms with van der Waals surface area (Å²) in [5.74, 6) is 1.71. The van der Waals surface area contributed by atoms with Gasteiger partial charge in [0, 0.05) is 19.5 Å². The Hall–Kier alpha value is -3.04. The molecule has 0 spiro atoms. The standard InChI is InChI=1S/C19H24N8O3/c1-11(19(28)9-22-10-19)30-15-7-21-6-14(29-2)18(15)13-3-16(27-26-13)25-17-8-23-12(4-20)5-24-17/h5-8,11,13,16,22,26-28H,3,9-10H2,1-2H3,(H,24,25)/t11-,13?,16?/m1/s1. The maximum Gasteiger partial charge on any atom is 0.158 e. The SMILES string of the molecule is COc1cncc(O[C@H](C)C2(O)CNC2)c1C1CC(Nc2cnc(C#N)cn2)NN1. The van der Waals surface area contributed by atoms with E-state index in [1.807, 2.05) is 13.0 Å². The summed E-state index contributed by atoms with van der Waals surface area (Å²) in [7, 11) is 1.58. The van der Waals surface area contributed by atoms with Crippen molar-refractivity contribution in [2.24, 2.45) is 0 Å². The molecular formula is C19H24N8O3. The zero-order chi connectivity index (χ0) is 21.1. The van der Waals surface area contributed by atoms with Crippen LogP contribution in [-0.2, 0) is 0 Å². The van der Waals surface area contributed by atoms with Crippen molar-refractivity contribution in [3.63, 3.8) is 0 Å². The Morgan fingerprint density at radius 1 is 1.23 bits per heavy atom. The van der Waals surface area contributed by atoms with E-state index < -0.39 is 11.7 Å². The fourth-order valence-corrected chi connectivity index (χ4v) is 3.48. The van der Waals surface area contributed by atoms with Crippen molar-refractivity contribution in [3.05, 3.63) is 36.0 Å². The normalized spacial score (nSPS) is 23.1. The molecule has 2 saturated heterocycles. The lowest BCUT2D eigenvalue weighted by atomic mass is 9.91. The highest BCUT2D eigenvalue weighted by Gasteiger charge is 2.42. The number of aliphatic hydroxyl groups is 1. The fraction of sp³-hybridized carbons (Fsp3) is 0.474. The van der Waals surface area contributed by atoms with E-state index in [-0.39, 0.29) is 17.9 Å². The van der Waals surface area contributed by atoms with Gasteiger partial charge in [0.05, 0.1) is 49.7 Å². The number of hydrogen-bond donors (Lipinski definition) is 5. The van der Waals surface area contributed by atoms with Gasteiger partial charge in [0.25, 0.3) is 0 Å². The summed E-state index contributed by atoms with van der Waals surface area (Å²) in [6.07, 6.45) is 6.31. The van der Waals surface area contributed by atoms with Crippen LogP contribution in [-0.4, -0.2) is 58.1 Å². The van der Waals surface area contributed by atoms with Crippen LogP contribution >= 0.6 is 0 Å². The van der Waals surface area contributed by atoms with E-state index in [4.69, 9.17) is 14.7 Å². The molecule has 2 aliphatic heterocycles. The molecule has 2 fully saturated rings. The highest BCUT2D eigenvalue weighted by atomic mass is 16.5. The van der Waals surface area contributed by atoms with Crippen LogP contribution in [0.3, 0.4) is 0 Å². The average Bonchev–Trinajstić information content (AvgIpc) is 3.20. The first-order chi connectivity index (χ1) is 14.5. The molecule has 4 heterocycles. The van der Waals surface area contributed by atoms with Crippen molar-refractivity contribution < 1.29 is 14.6 Å². The number of pyridine rings is 1. The maximum absolute atomic E-state index is 10.6. The van der Waals surface area contributed by atoms with E-state index in [2.05, 4.69) is 36.4 Å². The quantitative estimate of drug-likeness (QED) is 0.412. The molecule has 2 unspecified atom stereocenters. The lowest BCUT2D eigenvalue weighted by Crippen LogP contribution is -2.66. The van der Waals surface area contributed by atoms with E-state index in [1.54, 1.807) is 19.5 Å². The first kappa shape index (κ1) is 20.2. The van der Waals surface area contributed by atoms with Crippen LogP contribution in [0.25, 0.3) is 0 Å². The van der Waals surface area contributed by atoms with Crippen molar-refractivity contribution in [2.75, 3.05) is 25.5 Å². The molecule has 0 radical (unpaired) electrons. The van der Waals surface area contributed by atoms with Crippen molar-refractivity contribution >= 4 is 5.82 Å². The van der Waals surface area contributed by atoms with Crippen molar-refractivity contribution in [1.29, 1.82) is 5.26 Å². The molecule has 11 heteroatoms. The summed E-state index contributed by atoms with van der Waals surface area (Å²) in [5, 5.41) is 25.7. The predicted molar refractivity (Wildman–Crippen MR) is 106 cm³/mol. The molecule has 0 saturated carbocycles.